The second-order valence-corrected chi connectivity index (χ2v) is 4.57. The van der Waals surface area contributed by atoms with Gasteiger partial charge in [0, 0.05) is 5.54 Å². The minimum atomic E-state index is 0.416. The molecule has 0 radical (unpaired) electrons. The normalized spacial score (nSPS) is 16.2. The van der Waals surface area contributed by atoms with E-state index in [0.29, 0.717) is 5.54 Å². The monoisotopic (exact) mass is 185 g/mol. The Hall–Kier alpha value is -0.0400. The van der Waals surface area contributed by atoms with E-state index in [-0.39, 0.29) is 0 Å². The van der Waals surface area contributed by atoms with Crippen molar-refractivity contribution < 1.29 is 0 Å². The molecule has 1 unspecified atom stereocenters. The van der Waals surface area contributed by atoms with Crippen molar-refractivity contribution in [3.8, 4) is 0 Å². The highest BCUT2D eigenvalue weighted by Gasteiger charge is 2.24. The summed E-state index contributed by atoms with van der Waals surface area (Å²) in [6.07, 6.45) is 6.52. The predicted molar refractivity (Wildman–Crippen MR) is 61.1 cm³/mol. The molecule has 0 saturated carbocycles. The molecular weight excluding hydrogens is 158 g/mol. The van der Waals surface area contributed by atoms with Gasteiger partial charge in [0.25, 0.3) is 0 Å². The van der Waals surface area contributed by atoms with Gasteiger partial charge >= 0.3 is 0 Å². The Kier molecular flexibility index (Phi) is 6.40. The average molecular weight is 185 g/mol. The van der Waals surface area contributed by atoms with E-state index < -0.39 is 0 Å². The Labute approximate surface area is 84.3 Å². The van der Waals surface area contributed by atoms with Crippen LogP contribution in [0.5, 0.6) is 0 Å². The highest BCUT2D eigenvalue weighted by atomic mass is 14.9. The topological polar surface area (TPSA) is 12.0 Å². The largest absolute Gasteiger partial charge is 0.314 e. The van der Waals surface area contributed by atoms with Crippen molar-refractivity contribution in [2.75, 3.05) is 7.05 Å². The zero-order valence-corrected chi connectivity index (χ0v) is 10.1. The fourth-order valence-corrected chi connectivity index (χ4v) is 1.95. The first-order chi connectivity index (χ1) is 6.10. The van der Waals surface area contributed by atoms with Gasteiger partial charge in [0.2, 0.25) is 0 Å². The van der Waals surface area contributed by atoms with Crippen molar-refractivity contribution in [3.63, 3.8) is 0 Å². The highest BCUT2D eigenvalue weighted by Crippen LogP contribution is 2.24. The van der Waals surface area contributed by atoms with Gasteiger partial charge in [-0.05, 0) is 38.6 Å². The van der Waals surface area contributed by atoms with E-state index in [4.69, 9.17) is 0 Å². The van der Waals surface area contributed by atoms with Crippen LogP contribution in [0.4, 0.5) is 0 Å². The van der Waals surface area contributed by atoms with E-state index in [1.54, 1.807) is 0 Å². The van der Waals surface area contributed by atoms with Crippen LogP contribution < -0.4 is 5.32 Å². The first kappa shape index (κ1) is 13.0. The minimum Gasteiger partial charge on any atom is -0.314 e. The molecule has 0 aromatic heterocycles. The van der Waals surface area contributed by atoms with Crippen LogP contribution in [0.2, 0.25) is 0 Å². The predicted octanol–water partition coefficient (Wildman–Crippen LogP) is 3.59. The lowest BCUT2D eigenvalue weighted by Crippen LogP contribution is -2.42. The highest BCUT2D eigenvalue weighted by molar-refractivity contribution is 4.84. The van der Waals surface area contributed by atoms with Crippen LogP contribution in [0.3, 0.4) is 0 Å². The average Bonchev–Trinajstić information content (AvgIpc) is 2.12. The zero-order chi connectivity index (χ0) is 10.3. The number of hydrogen-bond acceptors (Lipinski definition) is 1. The fraction of sp³-hybridized carbons (Fsp3) is 1.00. The molecule has 0 heterocycles. The molecule has 0 rings (SSSR count). The lowest BCUT2D eigenvalue weighted by molar-refractivity contribution is 0.267. The molecule has 0 amide bonds. The van der Waals surface area contributed by atoms with Crippen LogP contribution in [0.15, 0.2) is 0 Å². The molecule has 0 aliphatic rings. The van der Waals surface area contributed by atoms with Gasteiger partial charge < -0.3 is 5.32 Å². The van der Waals surface area contributed by atoms with Crippen molar-refractivity contribution in [2.45, 2.75) is 65.3 Å². The second-order valence-electron chi connectivity index (χ2n) is 4.57. The first-order valence-electron chi connectivity index (χ1n) is 5.79. The summed E-state index contributed by atoms with van der Waals surface area (Å²) in [5, 5.41) is 3.52. The van der Waals surface area contributed by atoms with Crippen molar-refractivity contribution in [1.29, 1.82) is 0 Å². The minimum absolute atomic E-state index is 0.416. The maximum atomic E-state index is 3.52. The smallest absolute Gasteiger partial charge is 0.0175 e. The van der Waals surface area contributed by atoms with E-state index >= 15 is 0 Å². The van der Waals surface area contributed by atoms with Crippen LogP contribution in [0.25, 0.3) is 0 Å². The van der Waals surface area contributed by atoms with Gasteiger partial charge in [-0.25, -0.2) is 0 Å². The van der Waals surface area contributed by atoms with Crippen molar-refractivity contribution >= 4 is 0 Å². The maximum absolute atomic E-state index is 3.52. The van der Waals surface area contributed by atoms with Gasteiger partial charge in [0.1, 0.15) is 0 Å². The summed E-state index contributed by atoms with van der Waals surface area (Å²) < 4.78 is 0. The van der Waals surface area contributed by atoms with Crippen LogP contribution in [0, 0.1) is 5.92 Å². The SMILES string of the molecule is CCCC(CC)(CCC(C)C)NC. The summed E-state index contributed by atoms with van der Waals surface area (Å²) in [4.78, 5) is 0. The lowest BCUT2D eigenvalue weighted by atomic mass is 9.84. The number of nitrogens with one attached hydrogen (secondary N) is 1. The van der Waals surface area contributed by atoms with E-state index in [1.165, 1.54) is 32.1 Å². The van der Waals surface area contributed by atoms with Gasteiger partial charge in [-0.1, -0.05) is 34.1 Å². The molecule has 1 atom stereocenters. The molecule has 0 saturated heterocycles. The van der Waals surface area contributed by atoms with E-state index in [1.807, 2.05) is 0 Å². The molecule has 0 fully saturated rings. The third-order valence-corrected chi connectivity index (χ3v) is 3.14. The Morgan fingerprint density at radius 3 is 2.08 bits per heavy atom. The van der Waals surface area contributed by atoms with E-state index in [9.17, 15) is 0 Å². The number of rotatable bonds is 7. The lowest BCUT2D eigenvalue weighted by Gasteiger charge is -2.33. The molecular formula is C12H27N. The Morgan fingerprint density at radius 2 is 1.77 bits per heavy atom. The fourth-order valence-electron chi connectivity index (χ4n) is 1.95. The van der Waals surface area contributed by atoms with E-state index in [0.717, 1.165) is 5.92 Å². The van der Waals surface area contributed by atoms with E-state index in [2.05, 4.69) is 40.1 Å². The molecule has 1 nitrogen and oxygen atoms in total. The molecule has 80 valence electrons. The third kappa shape index (κ3) is 4.66. The molecule has 1 N–H and O–H groups in total. The van der Waals surface area contributed by atoms with Gasteiger partial charge in [0.05, 0.1) is 0 Å². The summed E-state index contributed by atoms with van der Waals surface area (Å²) in [5.41, 5.74) is 0.416. The Morgan fingerprint density at radius 1 is 1.15 bits per heavy atom. The van der Waals surface area contributed by atoms with Crippen LogP contribution in [0.1, 0.15) is 59.8 Å². The summed E-state index contributed by atoms with van der Waals surface area (Å²) in [6, 6.07) is 0. The van der Waals surface area contributed by atoms with Gasteiger partial charge in [0.15, 0.2) is 0 Å². The van der Waals surface area contributed by atoms with Crippen LogP contribution in [-0.4, -0.2) is 12.6 Å². The standard InChI is InChI=1S/C12H27N/c1-6-9-12(7-2,13-5)10-8-11(3)4/h11,13H,6-10H2,1-5H3. The molecule has 0 spiro atoms. The molecule has 0 aromatic carbocycles. The first-order valence-corrected chi connectivity index (χ1v) is 5.79. The zero-order valence-electron chi connectivity index (χ0n) is 10.1. The van der Waals surface area contributed by atoms with Gasteiger partial charge in [-0.3, -0.25) is 0 Å². The quantitative estimate of drug-likeness (QED) is 0.639. The molecule has 1 heteroatoms. The maximum Gasteiger partial charge on any atom is 0.0175 e. The second kappa shape index (κ2) is 6.42. The molecule has 0 aliphatic heterocycles. The van der Waals surface area contributed by atoms with Gasteiger partial charge in [-0.2, -0.15) is 0 Å². The molecule has 0 aliphatic carbocycles. The summed E-state index contributed by atoms with van der Waals surface area (Å²) >= 11 is 0. The van der Waals surface area contributed by atoms with Crippen molar-refractivity contribution in [2.24, 2.45) is 5.92 Å². The van der Waals surface area contributed by atoms with Crippen LogP contribution >= 0.6 is 0 Å². The summed E-state index contributed by atoms with van der Waals surface area (Å²) in [6.45, 7) is 9.19. The molecule has 13 heavy (non-hydrogen) atoms. The molecule has 0 bridgehead atoms. The van der Waals surface area contributed by atoms with Gasteiger partial charge in [-0.15, -0.1) is 0 Å². The summed E-state index contributed by atoms with van der Waals surface area (Å²) in [5.74, 6) is 0.830. The van der Waals surface area contributed by atoms with Crippen molar-refractivity contribution in [3.05, 3.63) is 0 Å². The van der Waals surface area contributed by atoms with Crippen molar-refractivity contribution in [1.82, 2.24) is 5.32 Å². The number of hydrogen-bond donors (Lipinski definition) is 1. The Bertz CT molecular complexity index is 114. The molecule has 0 aromatic rings. The van der Waals surface area contributed by atoms with Crippen LogP contribution in [-0.2, 0) is 0 Å². The Balaban J connectivity index is 4.04. The summed E-state index contributed by atoms with van der Waals surface area (Å²) in [7, 11) is 2.11. The third-order valence-electron chi connectivity index (χ3n) is 3.14.